The molecule has 0 heterocycles. The largest absolute Gasteiger partial charge is 0.496 e. The first-order chi connectivity index (χ1) is 39.2. The fraction of sp³-hybridized carbons (Fsp3) is 0.538. The van der Waals surface area contributed by atoms with E-state index in [-0.39, 0.29) is 0 Å². The maximum absolute atomic E-state index is 6.76. The summed E-state index contributed by atoms with van der Waals surface area (Å²) >= 11 is 2.47. The van der Waals surface area contributed by atoms with Crippen molar-refractivity contribution >= 4 is 35.8 Å². The molecule has 8 aliphatic carbocycles. The molecule has 0 saturated heterocycles. The van der Waals surface area contributed by atoms with Gasteiger partial charge in [-0.1, -0.05) is 176 Å². The Morgan fingerprint density at radius 2 is 0.707 bits per heavy atom. The van der Waals surface area contributed by atoms with Gasteiger partial charge < -0.3 is 9.47 Å². The van der Waals surface area contributed by atoms with Gasteiger partial charge >= 0.3 is 0 Å². The molecule has 8 fully saturated rings. The third kappa shape index (κ3) is 10.7. The highest BCUT2D eigenvalue weighted by Gasteiger charge is 2.64. The van der Waals surface area contributed by atoms with Gasteiger partial charge in [-0.2, -0.15) is 0 Å². The van der Waals surface area contributed by atoms with Crippen molar-refractivity contribution in [1.29, 1.82) is 0 Å². The van der Waals surface area contributed by atoms with Gasteiger partial charge in [0.2, 0.25) is 0 Å². The second-order valence-corrected chi connectivity index (χ2v) is 33.4. The van der Waals surface area contributed by atoms with Crippen LogP contribution >= 0.6 is 30.5 Å². The van der Waals surface area contributed by atoms with Gasteiger partial charge in [-0.3, -0.25) is 0 Å². The van der Waals surface area contributed by atoms with Crippen LogP contribution in [0.2, 0.25) is 0 Å². The Morgan fingerprint density at radius 3 is 1.04 bits per heavy atom. The molecule has 8 aliphatic rings. The Hall–Kier alpha value is -3.92. The monoisotopic (exact) mass is 1230 g/mol. The summed E-state index contributed by atoms with van der Waals surface area (Å²) in [6.07, 6.45) is 18.1. The molecule has 6 aromatic rings. The predicted octanol–water partition coefficient (Wildman–Crippen LogP) is 23.1. The number of rotatable bonds is 15. The molecule has 0 N–H and O–H groups in total. The molecular formula is C78H100IO2P. The zero-order chi connectivity index (χ0) is 58.3. The molecule has 0 aromatic heterocycles. The zero-order valence-corrected chi connectivity index (χ0v) is 56.3. The van der Waals surface area contributed by atoms with E-state index < -0.39 is 7.92 Å². The van der Waals surface area contributed by atoms with E-state index in [1.54, 1.807) is 34.7 Å². The van der Waals surface area contributed by atoms with Crippen LogP contribution in [-0.2, 0) is 0 Å². The molecule has 0 amide bonds. The van der Waals surface area contributed by atoms with E-state index in [2.05, 4.69) is 217 Å². The van der Waals surface area contributed by atoms with Crippen LogP contribution in [0.4, 0.5) is 0 Å². The third-order valence-electron chi connectivity index (χ3n) is 21.4. The minimum absolute atomic E-state index is 0.391. The normalized spacial score (nSPS) is 25.5. The van der Waals surface area contributed by atoms with Crippen LogP contribution in [0.15, 0.2) is 97.1 Å². The molecule has 82 heavy (non-hydrogen) atoms. The molecule has 14 rings (SSSR count). The third-order valence-corrected chi connectivity index (χ3v) is 26.4. The summed E-state index contributed by atoms with van der Waals surface area (Å²) in [5.41, 5.74) is 23.3. The summed E-state index contributed by atoms with van der Waals surface area (Å²) in [5.74, 6) is 10.5. The van der Waals surface area contributed by atoms with Crippen molar-refractivity contribution in [3.8, 4) is 56.0 Å². The fourth-order valence-corrected chi connectivity index (χ4v) is 25.6. The van der Waals surface area contributed by atoms with Gasteiger partial charge in [0.15, 0.2) is 0 Å². The van der Waals surface area contributed by atoms with Crippen molar-refractivity contribution in [2.24, 2.45) is 35.5 Å². The minimum Gasteiger partial charge on any atom is -0.496 e. The highest BCUT2D eigenvalue weighted by Crippen LogP contribution is 2.79. The first-order valence-electron chi connectivity index (χ1n) is 32.5. The second-order valence-electron chi connectivity index (χ2n) is 29.3. The first-order valence-corrected chi connectivity index (χ1v) is 34.9. The van der Waals surface area contributed by atoms with Crippen molar-refractivity contribution in [3.05, 3.63) is 145 Å². The fourth-order valence-electron chi connectivity index (χ4n) is 19.0. The van der Waals surface area contributed by atoms with Gasteiger partial charge in [0.05, 0.1) is 17.8 Å². The lowest BCUT2D eigenvalue weighted by molar-refractivity contribution is 0.0195. The molecule has 0 aliphatic heterocycles. The Kier molecular flexibility index (Phi) is 17.3. The quantitative estimate of drug-likeness (QED) is 0.0754. The van der Waals surface area contributed by atoms with E-state index in [4.69, 9.17) is 9.47 Å². The van der Waals surface area contributed by atoms with Gasteiger partial charge in [0.1, 0.15) is 11.5 Å². The molecule has 0 radical (unpaired) electrons. The van der Waals surface area contributed by atoms with E-state index in [1.807, 2.05) is 7.11 Å². The van der Waals surface area contributed by atoms with Crippen LogP contribution in [0.3, 0.4) is 0 Å². The van der Waals surface area contributed by atoms with Gasteiger partial charge in [-0.15, -0.1) is 0 Å². The Labute approximate surface area is 512 Å². The van der Waals surface area contributed by atoms with Crippen molar-refractivity contribution in [3.63, 3.8) is 0 Å². The van der Waals surface area contributed by atoms with E-state index >= 15 is 0 Å². The number of benzene rings is 6. The topological polar surface area (TPSA) is 18.5 Å². The van der Waals surface area contributed by atoms with Gasteiger partial charge in [0, 0.05) is 10.9 Å². The number of methoxy groups -OCH3 is 2. The lowest BCUT2D eigenvalue weighted by Gasteiger charge is -2.67. The average molecular weight is 1230 g/mol. The maximum Gasteiger partial charge on any atom is 0.132 e. The van der Waals surface area contributed by atoms with Crippen LogP contribution in [0.25, 0.3) is 44.5 Å². The van der Waals surface area contributed by atoms with Gasteiger partial charge in [-0.25, -0.2) is 0 Å². The van der Waals surface area contributed by atoms with Crippen molar-refractivity contribution in [2.75, 3.05) is 14.2 Å². The van der Waals surface area contributed by atoms with Crippen LogP contribution in [0, 0.1) is 52.9 Å². The van der Waals surface area contributed by atoms with E-state index in [9.17, 15) is 0 Å². The minimum atomic E-state index is -0.464. The van der Waals surface area contributed by atoms with E-state index in [0.717, 1.165) is 41.3 Å². The van der Waals surface area contributed by atoms with Crippen molar-refractivity contribution < 1.29 is 9.47 Å². The highest BCUT2D eigenvalue weighted by atomic mass is 127. The first kappa shape index (κ1) is 59.8. The van der Waals surface area contributed by atoms with Gasteiger partial charge in [0.25, 0.3) is 0 Å². The second kappa shape index (κ2) is 23.7. The summed E-state index contributed by atoms with van der Waals surface area (Å²) in [6.45, 7) is 33.4. The Bertz CT molecular complexity index is 3170. The summed E-state index contributed by atoms with van der Waals surface area (Å²) in [4.78, 5) is 0. The van der Waals surface area contributed by atoms with Crippen LogP contribution < -0.4 is 14.8 Å². The van der Waals surface area contributed by atoms with Crippen molar-refractivity contribution in [2.45, 2.75) is 220 Å². The molecule has 0 atom stereocenters. The molecular weight excluding hydrogens is 1130 g/mol. The smallest absolute Gasteiger partial charge is 0.132 e. The lowest BCUT2D eigenvalue weighted by Crippen LogP contribution is -2.58. The van der Waals surface area contributed by atoms with E-state index in [0.29, 0.717) is 45.8 Å². The molecule has 0 spiro atoms. The maximum atomic E-state index is 6.76. The van der Waals surface area contributed by atoms with Crippen LogP contribution in [-0.4, -0.2) is 24.5 Å². The number of ether oxygens (including phenoxy) is 2. The number of halogens is 1. The van der Waals surface area contributed by atoms with Crippen LogP contribution in [0.1, 0.15) is 240 Å². The Balaban J connectivity index is 0.000000196. The predicted molar refractivity (Wildman–Crippen MR) is 363 cm³/mol. The summed E-state index contributed by atoms with van der Waals surface area (Å²) < 4.78 is 13.7. The van der Waals surface area contributed by atoms with E-state index in [1.165, 1.54) is 153 Å². The van der Waals surface area contributed by atoms with Gasteiger partial charge in [-0.05, 0) is 290 Å². The van der Waals surface area contributed by atoms with Crippen LogP contribution in [0.5, 0.6) is 11.5 Å². The molecule has 8 bridgehead atoms. The molecule has 6 aromatic carbocycles. The zero-order valence-electron chi connectivity index (χ0n) is 53.3. The summed E-state index contributed by atoms with van der Waals surface area (Å²) in [6, 6.07) is 36.7. The number of hydrogen-bond donors (Lipinski definition) is 0. The molecule has 436 valence electrons. The number of aryl methyl sites for hydroxylation is 2. The highest BCUT2D eigenvalue weighted by molar-refractivity contribution is 14.1. The lowest BCUT2D eigenvalue weighted by atomic mass is 9.55. The summed E-state index contributed by atoms with van der Waals surface area (Å²) in [7, 11) is 3.31. The SMILES string of the molecule is COc1ccc(C)c(-c2c(C(C)C)cc(C(C)C)c(-c3ccccc3)c2C(C)C)c1I.COc1ccc(C)c(-c2c(C(C)C)cc(C(C)C)c(-c3ccccc3)c2C(C)C)c1P(C12CC3CC(CC(C3)C1)C2)C12CC3CC(CC(C3)C1)C2. The summed E-state index contributed by atoms with van der Waals surface area (Å²) in [5, 5.41) is 2.67. The molecule has 4 heteroatoms. The standard InChI is InChI=1S/C49H65OP.C29H35IO/c1-29(2)40-22-41(30(3)4)46(43(31(5)6)45(40)39-12-10-9-11-13-39)44-32(7)14-15-42(50-8)47(44)51(48-23-33-16-34(24-48)18-35(17-33)25-48)49-26-36-19-37(27-49)21-38(20-36)28-49;1-17(2)22-16-23(18(3)4)28(26-20(7)14-15-24(31-8)29(26)30)25(19(5)6)27(22)21-12-10-9-11-13-21/h9-15,22,29-31,33-38H,16-21,23-28H2,1-8H3;9-19H,1-8H3. The molecule has 8 saturated carbocycles. The average Bonchev–Trinajstić information content (AvgIpc) is 1.48. The molecule has 0 unspecified atom stereocenters. The van der Waals surface area contributed by atoms with Crippen molar-refractivity contribution in [1.82, 2.24) is 0 Å². The number of hydrogen-bond acceptors (Lipinski definition) is 2. The molecule has 2 nitrogen and oxygen atoms in total. The Morgan fingerprint density at radius 1 is 0.390 bits per heavy atom.